The number of nitrogens with one attached hydrogen (secondary N) is 1. The second-order valence-corrected chi connectivity index (χ2v) is 7.65. The van der Waals surface area contributed by atoms with E-state index in [1.165, 1.54) is 38.6 Å². The molecule has 1 N–H and O–H groups in total. The van der Waals surface area contributed by atoms with E-state index in [0.29, 0.717) is 23.5 Å². The highest BCUT2D eigenvalue weighted by atomic mass is 15.2. The van der Waals surface area contributed by atoms with Crippen LogP contribution in [0.5, 0.6) is 0 Å². The van der Waals surface area contributed by atoms with Crippen LogP contribution in [0.4, 0.5) is 0 Å². The standard InChI is InChI=1S/C18H38N2/c1-8-12-20(14(3)4)17-13-15(18(5,6)9-2)10-11-16(17)19-7/h14-17,19H,8-13H2,1-7H3. The minimum Gasteiger partial charge on any atom is -0.315 e. The zero-order chi connectivity index (χ0) is 15.3. The number of rotatable bonds is 7. The maximum atomic E-state index is 3.60. The Kier molecular flexibility index (Phi) is 7.00. The number of nitrogens with zero attached hydrogens (tertiary/aromatic N) is 1. The summed E-state index contributed by atoms with van der Waals surface area (Å²) in [5.41, 5.74) is 0.492. The van der Waals surface area contributed by atoms with Crippen molar-refractivity contribution >= 4 is 0 Å². The lowest BCUT2D eigenvalue weighted by atomic mass is 9.67. The minimum atomic E-state index is 0.492. The van der Waals surface area contributed by atoms with E-state index in [0.717, 1.165) is 5.92 Å². The van der Waals surface area contributed by atoms with Crippen LogP contribution in [0.1, 0.15) is 73.6 Å². The molecule has 1 aliphatic carbocycles. The predicted molar refractivity (Wildman–Crippen MR) is 90.2 cm³/mol. The van der Waals surface area contributed by atoms with E-state index < -0.39 is 0 Å². The molecule has 0 bridgehead atoms. The fraction of sp³-hybridized carbons (Fsp3) is 1.00. The van der Waals surface area contributed by atoms with E-state index in [2.05, 4.69) is 58.8 Å². The van der Waals surface area contributed by atoms with Gasteiger partial charge in [-0.1, -0.05) is 34.1 Å². The quantitative estimate of drug-likeness (QED) is 0.749. The lowest BCUT2D eigenvalue weighted by Crippen LogP contribution is -2.55. The topological polar surface area (TPSA) is 15.3 Å². The molecule has 1 saturated carbocycles. The highest BCUT2D eigenvalue weighted by Gasteiger charge is 2.39. The summed E-state index contributed by atoms with van der Waals surface area (Å²) in [4.78, 5) is 2.75. The summed E-state index contributed by atoms with van der Waals surface area (Å²) in [6.45, 7) is 15.5. The van der Waals surface area contributed by atoms with Gasteiger partial charge >= 0.3 is 0 Å². The van der Waals surface area contributed by atoms with Crippen LogP contribution in [0.2, 0.25) is 0 Å². The molecule has 0 saturated heterocycles. The van der Waals surface area contributed by atoms with Crippen molar-refractivity contribution in [2.75, 3.05) is 13.6 Å². The molecule has 1 aliphatic rings. The number of hydrogen-bond donors (Lipinski definition) is 1. The van der Waals surface area contributed by atoms with Crippen molar-refractivity contribution in [1.29, 1.82) is 0 Å². The molecule has 3 unspecified atom stereocenters. The Balaban J connectivity index is 2.86. The lowest BCUT2D eigenvalue weighted by molar-refractivity contribution is 0.0359. The zero-order valence-corrected chi connectivity index (χ0v) is 15.0. The van der Waals surface area contributed by atoms with Gasteiger partial charge < -0.3 is 5.32 Å². The molecular formula is C18H38N2. The molecule has 0 aliphatic heterocycles. The average molecular weight is 283 g/mol. The van der Waals surface area contributed by atoms with Gasteiger partial charge in [0, 0.05) is 18.1 Å². The van der Waals surface area contributed by atoms with Crippen LogP contribution < -0.4 is 5.32 Å². The Hall–Kier alpha value is -0.0800. The molecule has 0 aromatic carbocycles. The predicted octanol–water partition coefficient (Wildman–Crippen LogP) is 4.30. The first-order chi connectivity index (χ1) is 9.37. The maximum absolute atomic E-state index is 3.60. The zero-order valence-electron chi connectivity index (χ0n) is 15.0. The van der Waals surface area contributed by atoms with Crippen LogP contribution >= 0.6 is 0 Å². The van der Waals surface area contributed by atoms with Crippen LogP contribution in [0, 0.1) is 11.3 Å². The van der Waals surface area contributed by atoms with E-state index >= 15 is 0 Å². The highest BCUT2D eigenvalue weighted by molar-refractivity contribution is 4.95. The Morgan fingerprint density at radius 3 is 2.30 bits per heavy atom. The first-order valence-corrected chi connectivity index (χ1v) is 8.80. The van der Waals surface area contributed by atoms with Gasteiger partial charge in [0.2, 0.25) is 0 Å². The fourth-order valence-electron chi connectivity index (χ4n) is 3.91. The molecule has 0 heterocycles. The van der Waals surface area contributed by atoms with Gasteiger partial charge in [-0.3, -0.25) is 4.90 Å². The molecule has 120 valence electrons. The molecule has 0 aromatic rings. The average Bonchev–Trinajstić information content (AvgIpc) is 2.43. The van der Waals surface area contributed by atoms with Crippen molar-refractivity contribution in [3.63, 3.8) is 0 Å². The third kappa shape index (κ3) is 4.21. The molecule has 0 spiro atoms. The van der Waals surface area contributed by atoms with Crippen LogP contribution in [-0.2, 0) is 0 Å². The van der Waals surface area contributed by atoms with E-state index in [9.17, 15) is 0 Å². The lowest BCUT2D eigenvalue weighted by Gasteiger charge is -2.48. The van der Waals surface area contributed by atoms with Crippen molar-refractivity contribution < 1.29 is 0 Å². The largest absolute Gasteiger partial charge is 0.315 e. The van der Waals surface area contributed by atoms with Crippen LogP contribution in [-0.4, -0.2) is 36.6 Å². The second-order valence-electron chi connectivity index (χ2n) is 7.65. The Morgan fingerprint density at radius 1 is 1.20 bits per heavy atom. The third-order valence-electron chi connectivity index (χ3n) is 5.77. The molecular weight excluding hydrogens is 244 g/mol. The molecule has 0 radical (unpaired) electrons. The van der Waals surface area contributed by atoms with Crippen LogP contribution in [0.15, 0.2) is 0 Å². The highest BCUT2D eigenvalue weighted by Crippen LogP contribution is 2.42. The third-order valence-corrected chi connectivity index (χ3v) is 5.77. The first-order valence-electron chi connectivity index (χ1n) is 8.80. The summed E-state index contributed by atoms with van der Waals surface area (Å²) >= 11 is 0. The van der Waals surface area contributed by atoms with Gasteiger partial charge in [-0.2, -0.15) is 0 Å². The van der Waals surface area contributed by atoms with Gasteiger partial charge in [-0.15, -0.1) is 0 Å². The van der Waals surface area contributed by atoms with Gasteiger partial charge in [-0.05, 0) is 64.5 Å². The molecule has 1 rings (SSSR count). The molecule has 0 aromatic heterocycles. The van der Waals surface area contributed by atoms with Crippen molar-refractivity contribution in [2.24, 2.45) is 11.3 Å². The Morgan fingerprint density at radius 2 is 1.85 bits per heavy atom. The van der Waals surface area contributed by atoms with E-state index in [4.69, 9.17) is 0 Å². The van der Waals surface area contributed by atoms with Crippen molar-refractivity contribution in [3.8, 4) is 0 Å². The van der Waals surface area contributed by atoms with Crippen molar-refractivity contribution in [1.82, 2.24) is 10.2 Å². The molecule has 3 atom stereocenters. The van der Waals surface area contributed by atoms with E-state index in [1.807, 2.05) is 0 Å². The minimum absolute atomic E-state index is 0.492. The maximum Gasteiger partial charge on any atom is 0.0254 e. The second kappa shape index (κ2) is 7.79. The fourth-order valence-corrected chi connectivity index (χ4v) is 3.91. The summed E-state index contributed by atoms with van der Waals surface area (Å²) < 4.78 is 0. The molecule has 2 heteroatoms. The summed E-state index contributed by atoms with van der Waals surface area (Å²) in [7, 11) is 2.15. The monoisotopic (exact) mass is 282 g/mol. The van der Waals surface area contributed by atoms with Crippen molar-refractivity contribution in [2.45, 2.75) is 91.8 Å². The van der Waals surface area contributed by atoms with Gasteiger partial charge in [0.1, 0.15) is 0 Å². The summed E-state index contributed by atoms with van der Waals surface area (Å²) in [6, 6.07) is 2.04. The van der Waals surface area contributed by atoms with Crippen molar-refractivity contribution in [3.05, 3.63) is 0 Å². The van der Waals surface area contributed by atoms with E-state index in [-0.39, 0.29) is 0 Å². The number of hydrogen-bond acceptors (Lipinski definition) is 2. The summed E-state index contributed by atoms with van der Waals surface area (Å²) in [5.74, 6) is 0.875. The Bertz CT molecular complexity index is 273. The molecule has 2 nitrogen and oxygen atoms in total. The first kappa shape index (κ1) is 18.0. The number of likely N-dealkylation sites (N-methyl/N-ethyl adjacent to an activating group) is 1. The van der Waals surface area contributed by atoms with E-state index in [1.54, 1.807) is 0 Å². The summed E-state index contributed by atoms with van der Waals surface area (Å²) in [6.07, 6.45) is 6.64. The van der Waals surface area contributed by atoms with Crippen LogP contribution in [0.25, 0.3) is 0 Å². The van der Waals surface area contributed by atoms with Gasteiger partial charge in [0.25, 0.3) is 0 Å². The normalized spacial score (nSPS) is 28.4. The summed E-state index contributed by atoms with van der Waals surface area (Å²) in [5, 5.41) is 3.60. The van der Waals surface area contributed by atoms with Gasteiger partial charge in [0.05, 0.1) is 0 Å². The molecule has 1 fully saturated rings. The van der Waals surface area contributed by atoms with Gasteiger partial charge in [0.15, 0.2) is 0 Å². The van der Waals surface area contributed by atoms with Gasteiger partial charge in [-0.25, -0.2) is 0 Å². The van der Waals surface area contributed by atoms with Crippen LogP contribution in [0.3, 0.4) is 0 Å². The molecule has 0 amide bonds. The SMILES string of the molecule is CCCN(C(C)C)C1CC(C(C)(C)CC)CCC1NC. The Labute approximate surface area is 127 Å². The smallest absolute Gasteiger partial charge is 0.0254 e. The molecule has 20 heavy (non-hydrogen) atoms.